The van der Waals surface area contributed by atoms with Crippen molar-refractivity contribution in [3.05, 3.63) is 71.4 Å². The van der Waals surface area contributed by atoms with Crippen molar-refractivity contribution in [3.8, 4) is 22.6 Å². The second kappa shape index (κ2) is 5.07. The lowest BCUT2D eigenvalue weighted by molar-refractivity contribution is 0.487. The van der Waals surface area contributed by atoms with Crippen molar-refractivity contribution in [3.63, 3.8) is 0 Å². The molecule has 0 aliphatic heterocycles. The SMILES string of the molecule is c1ccc(Oc2cscc2-c2ccccc2)cc1. The first-order chi connectivity index (χ1) is 8.93. The van der Waals surface area contributed by atoms with Crippen LogP contribution in [-0.4, -0.2) is 0 Å². The van der Waals surface area contributed by atoms with Crippen LogP contribution in [0.5, 0.6) is 11.5 Å². The molecule has 0 saturated heterocycles. The van der Waals surface area contributed by atoms with Crippen molar-refractivity contribution in [2.45, 2.75) is 0 Å². The van der Waals surface area contributed by atoms with Crippen LogP contribution >= 0.6 is 11.3 Å². The molecule has 0 spiro atoms. The van der Waals surface area contributed by atoms with Crippen LogP contribution < -0.4 is 4.74 Å². The Kier molecular flexibility index (Phi) is 3.11. The molecule has 0 bridgehead atoms. The van der Waals surface area contributed by atoms with Crippen molar-refractivity contribution in [1.29, 1.82) is 0 Å². The largest absolute Gasteiger partial charge is 0.456 e. The molecule has 3 rings (SSSR count). The van der Waals surface area contributed by atoms with Crippen LogP contribution in [0.1, 0.15) is 0 Å². The van der Waals surface area contributed by atoms with Crippen LogP contribution in [-0.2, 0) is 0 Å². The number of rotatable bonds is 3. The highest BCUT2D eigenvalue weighted by atomic mass is 32.1. The molecule has 0 radical (unpaired) electrons. The smallest absolute Gasteiger partial charge is 0.145 e. The second-order valence-electron chi connectivity index (χ2n) is 3.93. The maximum absolute atomic E-state index is 5.91. The number of hydrogen-bond donors (Lipinski definition) is 0. The highest BCUT2D eigenvalue weighted by molar-refractivity contribution is 7.08. The van der Waals surface area contributed by atoms with Crippen LogP contribution in [0.2, 0.25) is 0 Å². The monoisotopic (exact) mass is 252 g/mol. The third-order valence-corrected chi connectivity index (χ3v) is 3.40. The molecule has 0 atom stereocenters. The van der Waals surface area contributed by atoms with Crippen molar-refractivity contribution >= 4 is 11.3 Å². The first kappa shape index (κ1) is 11.1. The predicted octanol–water partition coefficient (Wildman–Crippen LogP) is 5.21. The quantitative estimate of drug-likeness (QED) is 0.622. The minimum Gasteiger partial charge on any atom is -0.456 e. The number of thiophene rings is 1. The normalized spacial score (nSPS) is 10.2. The molecule has 2 heteroatoms. The molecule has 0 fully saturated rings. The zero-order chi connectivity index (χ0) is 12.2. The average molecular weight is 252 g/mol. The Balaban J connectivity index is 1.93. The summed E-state index contributed by atoms with van der Waals surface area (Å²) >= 11 is 1.66. The third-order valence-electron chi connectivity index (χ3n) is 2.68. The van der Waals surface area contributed by atoms with Gasteiger partial charge in [0, 0.05) is 16.3 Å². The lowest BCUT2D eigenvalue weighted by Crippen LogP contribution is -1.84. The molecule has 0 saturated carbocycles. The van der Waals surface area contributed by atoms with E-state index < -0.39 is 0 Å². The number of para-hydroxylation sites is 1. The van der Waals surface area contributed by atoms with E-state index in [0.29, 0.717) is 0 Å². The maximum atomic E-state index is 5.91. The first-order valence-electron chi connectivity index (χ1n) is 5.78. The average Bonchev–Trinajstić information content (AvgIpc) is 2.89. The molecule has 0 aliphatic carbocycles. The van der Waals surface area contributed by atoms with E-state index in [-0.39, 0.29) is 0 Å². The summed E-state index contributed by atoms with van der Waals surface area (Å²) in [6.07, 6.45) is 0. The Morgan fingerprint density at radius 2 is 1.39 bits per heavy atom. The van der Waals surface area contributed by atoms with Gasteiger partial charge in [-0.1, -0.05) is 48.5 Å². The lowest BCUT2D eigenvalue weighted by Gasteiger charge is -2.06. The zero-order valence-corrected chi connectivity index (χ0v) is 10.6. The Morgan fingerprint density at radius 3 is 2.11 bits per heavy atom. The van der Waals surface area contributed by atoms with Gasteiger partial charge in [-0.2, -0.15) is 0 Å². The maximum Gasteiger partial charge on any atom is 0.145 e. The predicted molar refractivity (Wildman–Crippen MR) is 76.3 cm³/mol. The standard InChI is InChI=1S/C16H12OS/c1-3-7-13(8-4-1)15-11-18-12-16(15)17-14-9-5-2-6-10-14/h1-12H. The van der Waals surface area contributed by atoms with Crippen molar-refractivity contribution in [2.24, 2.45) is 0 Å². The van der Waals surface area contributed by atoms with Gasteiger partial charge in [-0.3, -0.25) is 0 Å². The zero-order valence-electron chi connectivity index (χ0n) is 9.74. The fourth-order valence-corrected chi connectivity index (χ4v) is 2.56. The molecule has 0 unspecified atom stereocenters. The van der Waals surface area contributed by atoms with E-state index in [2.05, 4.69) is 17.5 Å². The number of benzene rings is 2. The minimum atomic E-state index is 0.869. The van der Waals surface area contributed by atoms with E-state index in [1.807, 2.05) is 53.9 Å². The fraction of sp³-hybridized carbons (Fsp3) is 0. The number of ether oxygens (including phenoxy) is 1. The van der Waals surface area contributed by atoms with E-state index in [1.165, 1.54) is 5.56 Å². The second-order valence-corrected chi connectivity index (χ2v) is 4.67. The summed E-state index contributed by atoms with van der Waals surface area (Å²) < 4.78 is 5.91. The van der Waals surface area contributed by atoms with Gasteiger partial charge in [0.15, 0.2) is 0 Å². The van der Waals surface area contributed by atoms with Gasteiger partial charge in [0.2, 0.25) is 0 Å². The van der Waals surface area contributed by atoms with Crippen molar-refractivity contribution in [1.82, 2.24) is 0 Å². The number of hydrogen-bond acceptors (Lipinski definition) is 2. The van der Waals surface area contributed by atoms with Gasteiger partial charge in [0.1, 0.15) is 11.5 Å². The summed E-state index contributed by atoms with van der Waals surface area (Å²) in [5.41, 5.74) is 2.33. The molecule has 0 aliphatic rings. The van der Waals surface area contributed by atoms with Gasteiger partial charge in [-0.05, 0) is 17.7 Å². The Bertz CT molecular complexity index is 614. The molecule has 1 aromatic heterocycles. The van der Waals surface area contributed by atoms with E-state index >= 15 is 0 Å². The summed E-state index contributed by atoms with van der Waals surface area (Å²) in [6, 6.07) is 20.2. The first-order valence-corrected chi connectivity index (χ1v) is 6.72. The summed E-state index contributed by atoms with van der Waals surface area (Å²) in [4.78, 5) is 0. The van der Waals surface area contributed by atoms with Gasteiger partial charge < -0.3 is 4.74 Å². The van der Waals surface area contributed by atoms with Gasteiger partial charge in [0.05, 0.1) is 0 Å². The van der Waals surface area contributed by atoms with E-state index in [4.69, 9.17) is 4.74 Å². The molecule has 3 aromatic rings. The fourth-order valence-electron chi connectivity index (χ4n) is 1.81. The van der Waals surface area contributed by atoms with Gasteiger partial charge in [-0.25, -0.2) is 0 Å². The van der Waals surface area contributed by atoms with Crippen molar-refractivity contribution < 1.29 is 4.74 Å². The van der Waals surface area contributed by atoms with Crippen LogP contribution in [0.25, 0.3) is 11.1 Å². The molecule has 0 amide bonds. The Labute approximate surface area is 110 Å². The van der Waals surface area contributed by atoms with Crippen LogP contribution in [0.3, 0.4) is 0 Å². The molecule has 1 nitrogen and oxygen atoms in total. The molecular formula is C16H12OS. The van der Waals surface area contributed by atoms with E-state index in [1.54, 1.807) is 11.3 Å². The van der Waals surface area contributed by atoms with Crippen molar-refractivity contribution in [2.75, 3.05) is 0 Å². The van der Waals surface area contributed by atoms with Crippen LogP contribution in [0.15, 0.2) is 71.4 Å². The molecule has 0 N–H and O–H groups in total. The molecule has 1 heterocycles. The Morgan fingerprint density at radius 1 is 0.722 bits per heavy atom. The summed E-state index contributed by atoms with van der Waals surface area (Å²) in [6.45, 7) is 0. The summed E-state index contributed by atoms with van der Waals surface area (Å²) in [5.74, 6) is 1.78. The third kappa shape index (κ3) is 2.29. The molecule has 18 heavy (non-hydrogen) atoms. The Hall–Kier alpha value is -2.06. The van der Waals surface area contributed by atoms with E-state index in [9.17, 15) is 0 Å². The highest BCUT2D eigenvalue weighted by Gasteiger charge is 2.07. The summed E-state index contributed by atoms with van der Waals surface area (Å²) in [5, 5.41) is 4.16. The van der Waals surface area contributed by atoms with Gasteiger partial charge in [0.25, 0.3) is 0 Å². The molecular weight excluding hydrogens is 240 g/mol. The molecule has 88 valence electrons. The van der Waals surface area contributed by atoms with Crippen LogP contribution in [0, 0.1) is 0 Å². The summed E-state index contributed by atoms with van der Waals surface area (Å²) in [7, 11) is 0. The van der Waals surface area contributed by atoms with E-state index in [0.717, 1.165) is 17.1 Å². The highest BCUT2D eigenvalue weighted by Crippen LogP contribution is 2.36. The minimum absolute atomic E-state index is 0.869. The molecule has 2 aromatic carbocycles. The van der Waals surface area contributed by atoms with Gasteiger partial charge in [-0.15, -0.1) is 11.3 Å². The van der Waals surface area contributed by atoms with Crippen LogP contribution in [0.4, 0.5) is 0 Å². The lowest BCUT2D eigenvalue weighted by atomic mass is 10.1. The topological polar surface area (TPSA) is 9.23 Å². The van der Waals surface area contributed by atoms with Gasteiger partial charge >= 0.3 is 0 Å².